The van der Waals surface area contributed by atoms with E-state index in [1.54, 1.807) is 0 Å². The quantitative estimate of drug-likeness (QED) is 0.893. The first-order valence-corrected chi connectivity index (χ1v) is 5.91. The topological polar surface area (TPSA) is 68.0 Å². The number of nitrogens with one attached hydrogen (secondary N) is 1. The van der Waals surface area contributed by atoms with Gasteiger partial charge in [0.25, 0.3) is 5.91 Å². The summed E-state index contributed by atoms with van der Waals surface area (Å²) >= 11 is 11.4. The Morgan fingerprint density at radius 3 is 2.68 bits per heavy atom. The third kappa shape index (κ3) is 3.13. The second-order valence-electron chi connectivity index (χ2n) is 3.64. The summed E-state index contributed by atoms with van der Waals surface area (Å²) in [7, 11) is 0. The summed E-state index contributed by atoms with van der Waals surface area (Å²) in [6, 6.07) is 6.79. The van der Waals surface area contributed by atoms with Crippen LogP contribution in [0.5, 0.6) is 0 Å². The van der Waals surface area contributed by atoms with Gasteiger partial charge in [-0.2, -0.15) is 0 Å². The molecule has 1 aromatic carbocycles. The lowest BCUT2D eigenvalue weighted by atomic mass is 10.2. The molecule has 1 amide bonds. The molecule has 0 atom stereocenters. The Hall–Kier alpha value is -1.85. The van der Waals surface area contributed by atoms with Crippen LogP contribution in [-0.4, -0.2) is 10.9 Å². The standard InChI is InChI=1S/C12H8Cl2FN3O/c13-6-1-3-9(8(15)5-6)17-12(19)11-7(14)2-4-10(16)18-11/h1-5H,(H2,16,18)(H,17,19). The predicted octanol–water partition coefficient (Wildman–Crippen LogP) is 3.36. The van der Waals surface area contributed by atoms with E-state index in [0.717, 1.165) is 6.07 Å². The van der Waals surface area contributed by atoms with E-state index >= 15 is 0 Å². The molecule has 0 fully saturated rings. The average molecular weight is 300 g/mol. The normalized spacial score (nSPS) is 10.3. The molecule has 1 aromatic heterocycles. The van der Waals surface area contributed by atoms with Crippen LogP contribution < -0.4 is 11.1 Å². The minimum Gasteiger partial charge on any atom is -0.384 e. The van der Waals surface area contributed by atoms with Gasteiger partial charge in [0.15, 0.2) is 0 Å². The number of aromatic nitrogens is 1. The van der Waals surface area contributed by atoms with Crippen molar-refractivity contribution in [1.82, 2.24) is 4.98 Å². The van der Waals surface area contributed by atoms with Crippen LogP contribution in [0.25, 0.3) is 0 Å². The van der Waals surface area contributed by atoms with Gasteiger partial charge in [0.2, 0.25) is 0 Å². The SMILES string of the molecule is Nc1ccc(Cl)c(C(=O)Nc2ccc(Cl)cc2F)n1. The molecule has 1 heterocycles. The number of benzene rings is 1. The number of hydrogen-bond acceptors (Lipinski definition) is 3. The Bertz CT molecular complexity index is 649. The molecule has 19 heavy (non-hydrogen) atoms. The highest BCUT2D eigenvalue weighted by Gasteiger charge is 2.14. The molecular weight excluding hydrogens is 292 g/mol. The van der Waals surface area contributed by atoms with Crippen LogP contribution in [0.4, 0.5) is 15.9 Å². The van der Waals surface area contributed by atoms with Gasteiger partial charge in [-0.05, 0) is 30.3 Å². The van der Waals surface area contributed by atoms with Crippen LogP contribution in [0.2, 0.25) is 10.0 Å². The summed E-state index contributed by atoms with van der Waals surface area (Å²) in [4.78, 5) is 15.7. The van der Waals surface area contributed by atoms with Crippen molar-refractivity contribution in [2.45, 2.75) is 0 Å². The maximum atomic E-state index is 13.5. The van der Waals surface area contributed by atoms with Crippen molar-refractivity contribution < 1.29 is 9.18 Å². The maximum absolute atomic E-state index is 13.5. The van der Waals surface area contributed by atoms with E-state index in [1.165, 1.54) is 24.3 Å². The summed E-state index contributed by atoms with van der Waals surface area (Å²) in [6.45, 7) is 0. The molecule has 0 spiro atoms. The van der Waals surface area contributed by atoms with E-state index < -0.39 is 11.7 Å². The number of nitrogen functional groups attached to an aromatic ring is 1. The first kappa shape index (κ1) is 13.6. The van der Waals surface area contributed by atoms with Crippen molar-refractivity contribution in [3.05, 3.63) is 51.9 Å². The zero-order chi connectivity index (χ0) is 14.0. The smallest absolute Gasteiger partial charge is 0.275 e. The summed E-state index contributed by atoms with van der Waals surface area (Å²) in [5, 5.41) is 2.70. The minimum atomic E-state index is -0.654. The lowest BCUT2D eigenvalue weighted by molar-refractivity contribution is 0.102. The van der Waals surface area contributed by atoms with Gasteiger partial charge in [-0.3, -0.25) is 4.79 Å². The van der Waals surface area contributed by atoms with Crippen molar-refractivity contribution in [3.8, 4) is 0 Å². The van der Waals surface area contributed by atoms with Crippen molar-refractivity contribution in [3.63, 3.8) is 0 Å². The Kier molecular flexibility index (Phi) is 3.87. The number of halogens is 3. The maximum Gasteiger partial charge on any atom is 0.275 e. The summed E-state index contributed by atoms with van der Waals surface area (Å²) in [5.41, 5.74) is 5.38. The highest BCUT2D eigenvalue weighted by molar-refractivity contribution is 6.34. The molecule has 0 aliphatic carbocycles. The van der Waals surface area contributed by atoms with Crippen molar-refractivity contribution in [2.75, 3.05) is 11.1 Å². The molecule has 98 valence electrons. The molecule has 3 N–H and O–H groups in total. The van der Waals surface area contributed by atoms with Crippen LogP contribution in [0, 0.1) is 5.82 Å². The van der Waals surface area contributed by atoms with Gasteiger partial charge >= 0.3 is 0 Å². The second kappa shape index (κ2) is 5.42. The molecule has 0 unspecified atom stereocenters. The Labute approximate surface area is 118 Å². The predicted molar refractivity (Wildman–Crippen MR) is 73.0 cm³/mol. The van der Waals surface area contributed by atoms with E-state index in [4.69, 9.17) is 28.9 Å². The van der Waals surface area contributed by atoms with Crippen molar-refractivity contribution in [2.24, 2.45) is 0 Å². The fourth-order valence-corrected chi connectivity index (χ4v) is 1.74. The number of nitrogens with zero attached hydrogens (tertiary/aromatic N) is 1. The average Bonchev–Trinajstić information content (AvgIpc) is 2.35. The van der Waals surface area contributed by atoms with Crippen molar-refractivity contribution >= 4 is 40.6 Å². The van der Waals surface area contributed by atoms with Gasteiger partial charge in [-0.1, -0.05) is 23.2 Å². The first-order valence-electron chi connectivity index (χ1n) is 5.16. The number of amides is 1. The van der Waals surface area contributed by atoms with Gasteiger partial charge in [-0.15, -0.1) is 0 Å². The van der Waals surface area contributed by atoms with E-state index in [9.17, 15) is 9.18 Å². The number of hydrogen-bond donors (Lipinski definition) is 2. The second-order valence-corrected chi connectivity index (χ2v) is 4.49. The number of anilines is 2. The van der Waals surface area contributed by atoms with Gasteiger partial charge < -0.3 is 11.1 Å². The van der Waals surface area contributed by atoms with Crippen LogP contribution in [0.15, 0.2) is 30.3 Å². The van der Waals surface area contributed by atoms with Crippen LogP contribution >= 0.6 is 23.2 Å². The number of rotatable bonds is 2. The van der Waals surface area contributed by atoms with Crippen LogP contribution in [0.1, 0.15) is 10.5 Å². The minimum absolute atomic E-state index is 0.0188. The van der Waals surface area contributed by atoms with Crippen molar-refractivity contribution in [1.29, 1.82) is 0 Å². The number of pyridine rings is 1. The highest BCUT2D eigenvalue weighted by atomic mass is 35.5. The molecule has 0 saturated carbocycles. The van der Waals surface area contributed by atoms with Gasteiger partial charge in [0.1, 0.15) is 17.3 Å². The molecule has 2 aromatic rings. The molecule has 4 nitrogen and oxygen atoms in total. The first-order chi connectivity index (χ1) is 8.97. The number of carbonyl (C=O) groups is 1. The van der Waals surface area contributed by atoms with Gasteiger partial charge in [0.05, 0.1) is 10.7 Å². The number of nitrogens with two attached hydrogens (primary N) is 1. The highest BCUT2D eigenvalue weighted by Crippen LogP contribution is 2.21. The third-order valence-corrected chi connectivity index (χ3v) is 2.80. The monoisotopic (exact) mass is 299 g/mol. The Morgan fingerprint density at radius 2 is 2.00 bits per heavy atom. The molecular formula is C12H8Cl2FN3O. The molecule has 0 bridgehead atoms. The largest absolute Gasteiger partial charge is 0.384 e. The lowest BCUT2D eigenvalue weighted by Crippen LogP contribution is -2.16. The Morgan fingerprint density at radius 1 is 1.26 bits per heavy atom. The summed E-state index contributed by atoms with van der Waals surface area (Å²) in [6.07, 6.45) is 0. The van der Waals surface area contributed by atoms with Gasteiger partial charge in [0, 0.05) is 5.02 Å². The van der Waals surface area contributed by atoms with Gasteiger partial charge in [-0.25, -0.2) is 9.37 Å². The fraction of sp³-hybridized carbons (Fsp3) is 0. The molecule has 0 aliphatic heterocycles. The van der Waals surface area contributed by atoms with Crippen LogP contribution in [-0.2, 0) is 0 Å². The Balaban J connectivity index is 2.28. The molecule has 0 saturated heterocycles. The fourth-order valence-electron chi connectivity index (χ4n) is 1.39. The van der Waals surface area contributed by atoms with Crippen LogP contribution in [0.3, 0.4) is 0 Å². The van der Waals surface area contributed by atoms with E-state index in [1.807, 2.05) is 0 Å². The summed E-state index contributed by atoms with van der Waals surface area (Å²) < 4.78 is 13.5. The zero-order valence-corrected chi connectivity index (χ0v) is 11.0. The molecule has 0 aliphatic rings. The zero-order valence-electron chi connectivity index (χ0n) is 9.45. The number of carbonyl (C=O) groups excluding carboxylic acids is 1. The molecule has 2 rings (SSSR count). The third-order valence-electron chi connectivity index (χ3n) is 2.26. The van der Waals surface area contributed by atoms with E-state index in [2.05, 4.69) is 10.3 Å². The lowest BCUT2D eigenvalue weighted by Gasteiger charge is -2.07. The van der Waals surface area contributed by atoms with E-state index in [0.29, 0.717) is 0 Å². The van der Waals surface area contributed by atoms with E-state index in [-0.39, 0.29) is 27.2 Å². The molecule has 0 radical (unpaired) electrons. The molecule has 7 heteroatoms. The summed E-state index contributed by atoms with van der Waals surface area (Å²) in [5.74, 6) is -1.16.